The van der Waals surface area contributed by atoms with E-state index >= 15 is 0 Å². The number of hydrogen-bond donors (Lipinski definition) is 0. The van der Waals surface area contributed by atoms with Crippen LogP contribution in [0.3, 0.4) is 0 Å². The van der Waals surface area contributed by atoms with Crippen LogP contribution in [0.25, 0.3) is 0 Å². The van der Waals surface area contributed by atoms with Gasteiger partial charge in [-0.1, -0.05) is 59.1 Å². The zero-order chi connectivity index (χ0) is 18.7. The van der Waals surface area contributed by atoms with Gasteiger partial charge in [0.2, 0.25) is 0 Å². The largest absolute Gasteiger partial charge is 0.457 e. The minimum Gasteiger partial charge on any atom is -0.457 e. The molecule has 1 aromatic carbocycles. The first-order chi connectivity index (χ1) is 12.5. The summed E-state index contributed by atoms with van der Waals surface area (Å²) in [5, 5.41) is 5.52. The van der Waals surface area contributed by atoms with Crippen molar-refractivity contribution < 1.29 is 9.53 Å². The number of rotatable bonds is 5. The van der Waals surface area contributed by atoms with E-state index in [0.717, 1.165) is 11.1 Å². The molecule has 0 aliphatic rings. The molecular weight excluding hydrogens is 397 g/mol. The Balaban J connectivity index is 1.75. The van der Waals surface area contributed by atoms with Gasteiger partial charge in [-0.25, -0.2) is 14.5 Å². The maximum absolute atomic E-state index is 12.4. The molecule has 0 fully saturated rings. The zero-order valence-electron chi connectivity index (χ0n) is 13.7. The number of benzene rings is 1. The van der Waals surface area contributed by atoms with Crippen molar-refractivity contribution in [3.63, 3.8) is 0 Å². The Kier molecular flexibility index (Phi) is 5.81. The lowest BCUT2D eigenvalue weighted by Crippen LogP contribution is -2.07. The van der Waals surface area contributed by atoms with Gasteiger partial charge in [0.05, 0.1) is 12.2 Å². The number of carbonyl (C=O) groups is 1. The van der Waals surface area contributed by atoms with Crippen molar-refractivity contribution in [2.75, 3.05) is 0 Å². The Labute approximate surface area is 165 Å². The number of carbonyl (C=O) groups excluding carboxylic acids is 1. The molecule has 0 saturated carbocycles. The van der Waals surface area contributed by atoms with Crippen LogP contribution in [-0.4, -0.2) is 20.7 Å². The first kappa shape index (κ1) is 18.7. The van der Waals surface area contributed by atoms with Crippen molar-refractivity contribution in [2.45, 2.75) is 20.1 Å². The van der Waals surface area contributed by atoms with Gasteiger partial charge in [0.25, 0.3) is 0 Å². The van der Waals surface area contributed by atoms with E-state index in [0.29, 0.717) is 22.4 Å². The van der Waals surface area contributed by atoms with Gasteiger partial charge in [-0.2, -0.15) is 5.10 Å². The van der Waals surface area contributed by atoms with E-state index in [2.05, 4.69) is 10.1 Å². The Morgan fingerprint density at radius 1 is 1.15 bits per heavy atom. The van der Waals surface area contributed by atoms with E-state index in [1.165, 1.54) is 4.68 Å². The molecule has 0 unspecified atom stereocenters. The Morgan fingerprint density at radius 2 is 1.92 bits per heavy atom. The summed E-state index contributed by atoms with van der Waals surface area (Å²) in [6.45, 7) is 2.12. The summed E-state index contributed by atoms with van der Waals surface area (Å²) in [7, 11) is 0. The lowest BCUT2D eigenvalue weighted by Gasteiger charge is -2.06. The lowest BCUT2D eigenvalue weighted by atomic mass is 10.2. The summed E-state index contributed by atoms with van der Waals surface area (Å²) in [5.41, 5.74) is 2.30. The SMILES string of the molecule is Cc1nn(Cc2ccccc2Cl)c(Cl)c1C(=O)OCc1ccc(Cl)nc1. The van der Waals surface area contributed by atoms with Crippen molar-refractivity contribution in [1.82, 2.24) is 14.8 Å². The van der Waals surface area contributed by atoms with E-state index in [1.54, 1.807) is 31.3 Å². The molecule has 5 nitrogen and oxygen atoms in total. The minimum absolute atomic E-state index is 0.0640. The molecule has 8 heteroatoms. The van der Waals surface area contributed by atoms with Crippen molar-refractivity contribution in [3.8, 4) is 0 Å². The highest BCUT2D eigenvalue weighted by Crippen LogP contribution is 2.24. The van der Waals surface area contributed by atoms with Crippen LogP contribution < -0.4 is 0 Å². The normalized spacial score (nSPS) is 10.8. The average molecular weight is 411 g/mol. The van der Waals surface area contributed by atoms with Crippen molar-refractivity contribution >= 4 is 40.8 Å². The van der Waals surface area contributed by atoms with Gasteiger partial charge in [-0.05, 0) is 24.6 Å². The molecule has 0 atom stereocenters. The zero-order valence-corrected chi connectivity index (χ0v) is 16.0. The van der Waals surface area contributed by atoms with Crippen LogP contribution in [0, 0.1) is 6.92 Å². The van der Waals surface area contributed by atoms with E-state index in [1.807, 2.05) is 18.2 Å². The maximum atomic E-state index is 12.4. The summed E-state index contributed by atoms with van der Waals surface area (Å²) in [5.74, 6) is -0.548. The molecule has 0 N–H and O–H groups in total. The molecule has 0 aliphatic carbocycles. The summed E-state index contributed by atoms with van der Waals surface area (Å²) in [6.07, 6.45) is 1.55. The van der Waals surface area contributed by atoms with E-state index in [9.17, 15) is 4.79 Å². The molecule has 0 aliphatic heterocycles. The number of halogens is 3. The number of ether oxygens (including phenoxy) is 1. The number of pyridine rings is 1. The van der Waals surface area contributed by atoms with Gasteiger partial charge in [0.1, 0.15) is 22.5 Å². The molecule has 3 aromatic rings. The molecule has 2 aromatic heterocycles. The fraction of sp³-hybridized carbons (Fsp3) is 0.167. The molecular formula is C18H14Cl3N3O2. The highest BCUT2D eigenvalue weighted by atomic mass is 35.5. The van der Waals surface area contributed by atoms with Crippen molar-refractivity contribution in [2.24, 2.45) is 0 Å². The first-order valence-electron chi connectivity index (χ1n) is 7.69. The molecule has 0 spiro atoms. The third kappa shape index (κ3) is 4.18. The Morgan fingerprint density at radius 3 is 2.62 bits per heavy atom. The highest BCUT2D eigenvalue weighted by Gasteiger charge is 2.22. The standard InChI is InChI=1S/C18H14Cl3N3O2/c1-11-16(18(25)26-10-12-6-7-15(20)22-8-12)17(21)24(23-11)9-13-4-2-3-5-14(13)19/h2-8H,9-10H2,1H3. The van der Waals surface area contributed by atoms with Gasteiger partial charge in [0, 0.05) is 16.8 Å². The van der Waals surface area contributed by atoms with E-state index < -0.39 is 5.97 Å². The Hall–Kier alpha value is -2.08. The number of esters is 1. The van der Waals surface area contributed by atoms with Crippen molar-refractivity contribution in [3.05, 3.63) is 80.3 Å². The fourth-order valence-electron chi connectivity index (χ4n) is 2.39. The molecule has 0 radical (unpaired) electrons. The minimum atomic E-state index is -0.548. The van der Waals surface area contributed by atoms with Gasteiger partial charge < -0.3 is 4.74 Å². The Bertz CT molecular complexity index is 939. The summed E-state index contributed by atoms with van der Waals surface area (Å²) < 4.78 is 6.84. The van der Waals surface area contributed by atoms with Gasteiger partial charge in [0.15, 0.2) is 0 Å². The third-order valence-corrected chi connectivity index (χ3v) is 4.68. The van der Waals surface area contributed by atoms with Crippen molar-refractivity contribution in [1.29, 1.82) is 0 Å². The molecule has 3 rings (SSSR count). The van der Waals surface area contributed by atoms with Crippen LogP contribution in [0.4, 0.5) is 0 Å². The topological polar surface area (TPSA) is 57.0 Å². The number of nitrogens with zero attached hydrogens (tertiary/aromatic N) is 3. The van der Waals surface area contributed by atoms with E-state index in [-0.39, 0.29) is 17.3 Å². The number of aryl methyl sites for hydroxylation is 1. The van der Waals surface area contributed by atoms with Crippen LogP contribution in [0.2, 0.25) is 15.3 Å². The second-order valence-electron chi connectivity index (χ2n) is 5.57. The molecule has 0 saturated heterocycles. The average Bonchev–Trinajstić information content (AvgIpc) is 2.90. The van der Waals surface area contributed by atoms with E-state index in [4.69, 9.17) is 39.5 Å². The monoisotopic (exact) mass is 409 g/mol. The molecule has 26 heavy (non-hydrogen) atoms. The van der Waals surface area contributed by atoms with Gasteiger partial charge in [-0.15, -0.1) is 0 Å². The van der Waals surface area contributed by atoms with Gasteiger partial charge in [-0.3, -0.25) is 0 Å². The molecule has 0 amide bonds. The van der Waals surface area contributed by atoms with Crippen LogP contribution in [0.15, 0.2) is 42.6 Å². The maximum Gasteiger partial charge on any atom is 0.343 e. The van der Waals surface area contributed by atoms with Crippen LogP contribution in [0.5, 0.6) is 0 Å². The molecule has 134 valence electrons. The quantitative estimate of drug-likeness (QED) is 0.441. The summed E-state index contributed by atoms with van der Waals surface area (Å²) >= 11 is 18.3. The third-order valence-electron chi connectivity index (χ3n) is 3.71. The molecule has 2 heterocycles. The smallest absolute Gasteiger partial charge is 0.343 e. The summed E-state index contributed by atoms with van der Waals surface area (Å²) in [6, 6.07) is 10.7. The van der Waals surface area contributed by atoms with Crippen LogP contribution >= 0.6 is 34.8 Å². The highest BCUT2D eigenvalue weighted by molar-refractivity contribution is 6.33. The predicted molar refractivity (Wildman–Crippen MR) is 101 cm³/mol. The second kappa shape index (κ2) is 8.08. The van der Waals surface area contributed by atoms with Crippen LogP contribution in [0.1, 0.15) is 27.2 Å². The summed E-state index contributed by atoms with van der Waals surface area (Å²) in [4.78, 5) is 16.4. The fourth-order valence-corrected chi connectivity index (χ4v) is 3.01. The lowest BCUT2D eigenvalue weighted by molar-refractivity contribution is 0.0471. The number of aromatic nitrogens is 3. The van der Waals surface area contributed by atoms with Crippen LogP contribution in [-0.2, 0) is 17.9 Å². The number of hydrogen-bond acceptors (Lipinski definition) is 4. The molecule has 0 bridgehead atoms. The predicted octanol–water partition coefficient (Wildman–Crippen LogP) is 4.95. The first-order valence-corrected chi connectivity index (χ1v) is 8.83. The van der Waals surface area contributed by atoms with Gasteiger partial charge >= 0.3 is 5.97 Å². The second-order valence-corrected chi connectivity index (χ2v) is 6.72.